The Morgan fingerprint density at radius 3 is 2.19 bits per heavy atom. The van der Waals surface area contributed by atoms with E-state index < -0.39 is 0 Å². The second-order valence-corrected chi connectivity index (χ2v) is 8.18. The predicted octanol–water partition coefficient (Wildman–Crippen LogP) is 6.06. The second-order valence-electron chi connectivity index (χ2n) is 7.62. The third-order valence-corrected chi connectivity index (χ3v) is 6.16. The summed E-state index contributed by atoms with van der Waals surface area (Å²) in [5.41, 5.74) is 4.33. The van der Waals surface area contributed by atoms with Crippen molar-refractivity contribution in [1.29, 1.82) is 0 Å². The molecule has 3 rings (SSSR count). The van der Waals surface area contributed by atoms with Gasteiger partial charge in [-0.15, -0.1) is 11.6 Å². The van der Waals surface area contributed by atoms with Crippen molar-refractivity contribution in [3.63, 3.8) is 0 Å². The van der Waals surface area contributed by atoms with E-state index in [9.17, 15) is 0 Å². The number of nitrogens with zero attached hydrogens (tertiary/aromatic N) is 1. The van der Waals surface area contributed by atoms with Crippen LogP contribution in [0.1, 0.15) is 55.2 Å². The molecule has 1 nitrogen and oxygen atoms in total. The standard InChI is InChI=1S/C24H32ClN/c1-2-17-26(19-16-20-7-4-3-5-8-20)18-6-9-21-10-12-22(13-11-21)23-14-15-24(23)25/h3-5,7-8,10-13,23-24H,2,6,9,14-19H2,1H3. The maximum Gasteiger partial charge on any atom is 0.0404 e. The van der Waals surface area contributed by atoms with Crippen LogP contribution in [0.3, 0.4) is 0 Å². The van der Waals surface area contributed by atoms with Gasteiger partial charge in [-0.05, 0) is 68.3 Å². The third-order valence-electron chi connectivity index (χ3n) is 5.64. The summed E-state index contributed by atoms with van der Waals surface area (Å²) in [5.74, 6) is 0.587. The number of aryl methyl sites for hydroxylation is 1. The molecule has 0 aliphatic heterocycles. The number of benzene rings is 2. The van der Waals surface area contributed by atoms with E-state index in [4.69, 9.17) is 11.6 Å². The van der Waals surface area contributed by atoms with Crippen molar-refractivity contribution >= 4 is 11.6 Å². The minimum atomic E-state index is 0.355. The van der Waals surface area contributed by atoms with E-state index in [1.54, 1.807) is 0 Å². The third kappa shape index (κ3) is 5.59. The Bertz CT molecular complexity index is 637. The highest BCUT2D eigenvalue weighted by Gasteiger charge is 2.29. The monoisotopic (exact) mass is 369 g/mol. The van der Waals surface area contributed by atoms with E-state index in [2.05, 4.69) is 66.4 Å². The van der Waals surface area contributed by atoms with Crippen LogP contribution in [0.25, 0.3) is 0 Å². The maximum absolute atomic E-state index is 6.31. The maximum atomic E-state index is 6.31. The first-order valence-corrected chi connectivity index (χ1v) is 10.7. The van der Waals surface area contributed by atoms with E-state index in [-0.39, 0.29) is 0 Å². The van der Waals surface area contributed by atoms with Crippen molar-refractivity contribution in [3.05, 3.63) is 71.3 Å². The van der Waals surface area contributed by atoms with Gasteiger partial charge in [-0.2, -0.15) is 0 Å². The molecule has 0 heterocycles. The SMILES string of the molecule is CCCN(CCCc1ccc(C2CCC2Cl)cc1)CCc1ccccc1. The zero-order chi connectivity index (χ0) is 18.2. The molecule has 1 saturated carbocycles. The van der Waals surface area contributed by atoms with Crippen molar-refractivity contribution < 1.29 is 0 Å². The number of rotatable bonds is 10. The van der Waals surface area contributed by atoms with Crippen LogP contribution in [0.5, 0.6) is 0 Å². The van der Waals surface area contributed by atoms with Crippen molar-refractivity contribution in [1.82, 2.24) is 4.90 Å². The van der Waals surface area contributed by atoms with Gasteiger partial charge in [0.2, 0.25) is 0 Å². The molecule has 2 unspecified atom stereocenters. The van der Waals surface area contributed by atoms with Crippen LogP contribution < -0.4 is 0 Å². The fourth-order valence-corrected chi connectivity index (χ4v) is 4.25. The largest absolute Gasteiger partial charge is 0.303 e. The molecule has 1 fully saturated rings. The summed E-state index contributed by atoms with van der Waals surface area (Å²) in [6, 6.07) is 20.1. The van der Waals surface area contributed by atoms with Gasteiger partial charge < -0.3 is 4.90 Å². The normalized spacial score (nSPS) is 19.5. The molecule has 26 heavy (non-hydrogen) atoms. The highest BCUT2D eigenvalue weighted by atomic mass is 35.5. The summed E-state index contributed by atoms with van der Waals surface area (Å²) in [6.45, 7) is 5.83. The zero-order valence-electron chi connectivity index (χ0n) is 16.0. The molecular formula is C24H32ClN. The van der Waals surface area contributed by atoms with E-state index in [1.165, 1.54) is 61.9 Å². The molecule has 2 aromatic rings. The van der Waals surface area contributed by atoms with Crippen molar-refractivity contribution in [2.24, 2.45) is 0 Å². The molecular weight excluding hydrogens is 338 g/mol. The highest BCUT2D eigenvalue weighted by molar-refractivity contribution is 6.21. The van der Waals surface area contributed by atoms with E-state index >= 15 is 0 Å². The summed E-state index contributed by atoms with van der Waals surface area (Å²) in [7, 11) is 0. The zero-order valence-corrected chi connectivity index (χ0v) is 16.8. The average molecular weight is 370 g/mol. The lowest BCUT2D eigenvalue weighted by Gasteiger charge is -2.32. The Hall–Kier alpha value is -1.31. The molecule has 0 radical (unpaired) electrons. The lowest BCUT2D eigenvalue weighted by molar-refractivity contribution is 0.274. The Kier molecular flexibility index (Phi) is 7.58. The minimum Gasteiger partial charge on any atom is -0.303 e. The van der Waals surface area contributed by atoms with Crippen LogP contribution in [-0.4, -0.2) is 29.9 Å². The van der Waals surface area contributed by atoms with Gasteiger partial charge in [0, 0.05) is 17.8 Å². The summed E-state index contributed by atoms with van der Waals surface area (Å²) in [6.07, 6.45) is 7.20. The molecule has 0 spiro atoms. The number of halogens is 1. The van der Waals surface area contributed by atoms with Crippen LogP contribution in [-0.2, 0) is 12.8 Å². The van der Waals surface area contributed by atoms with Crippen LogP contribution in [0.4, 0.5) is 0 Å². The van der Waals surface area contributed by atoms with Gasteiger partial charge in [0.25, 0.3) is 0 Å². The lowest BCUT2D eigenvalue weighted by atomic mass is 9.79. The van der Waals surface area contributed by atoms with Crippen molar-refractivity contribution in [2.45, 2.75) is 56.7 Å². The molecule has 0 bridgehead atoms. The van der Waals surface area contributed by atoms with Gasteiger partial charge in [0.05, 0.1) is 0 Å². The molecule has 2 heteroatoms. The van der Waals surface area contributed by atoms with Gasteiger partial charge in [-0.25, -0.2) is 0 Å². The van der Waals surface area contributed by atoms with Crippen LogP contribution in [0.15, 0.2) is 54.6 Å². The number of hydrogen-bond acceptors (Lipinski definition) is 1. The Morgan fingerprint density at radius 1 is 0.846 bits per heavy atom. The van der Waals surface area contributed by atoms with E-state index in [0.29, 0.717) is 11.3 Å². The molecule has 0 N–H and O–H groups in total. The fraction of sp³-hybridized carbons (Fsp3) is 0.500. The topological polar surface area (TPSA) is 3.24 Å². The lowest BCUT2D eigenvalue weighted by Crippen LogP contribution is -2.28. The number of hydrogen-bond donors (Lipinski definition) is 0. The Balaban J connectivity index is 1.42. The van der Waals surface area contributed by atoms with E-state index in [1.807, 2.05) is 0 Å². The first-order chi connectivity index (χ1) is 12.8. The predicted molar refractivity (Wildman–Crippen MR) is 113 cm³/mol. The second kappa shape index (κ2) is 10.1. The smallest absolute Gasteiger partial charge is 0.0404 e. The van der Waals surface area contributed by atoms with Gasteiger partial charge in [0.1, 0.15) is 0 Å². The Morgan fingerprint density at radius 2 is 1.58 bits per heavy atom. The quantitative estimate of drug-likeness (QED) is 0.460. The Labute approximate surface area is 164 Å². The van der Waals surface area contributed by atoms with Gasteiger partial charge in [-0.3, -0.25) is 0 Å². The molecule has 2 aromatic carbocycles. The first kappa shape index (κ1) is 19.5. The molecule has 0 saturated heterocycles. The summed E-state index contributed by atoms with van der Waals surface area (Å²) in [5, 5.41) is 0.355. The van der Waals surface area contributed by atoms with Crippen molar-refractivity contribution in [2.75, 3.05) is 19.6 Å². The van der Waals surface area contributed by atoms with Crippen molar-refractivity contribution in [3.8, 4) is 0 Å². The molecule has 1 aliphatic rings. The van der Waals surface area contributed by atoms with Crippen LogP contribution >= 0.6 is 11.6 Å². The molecule has 0 aromatic heterocycles. The van der Waals surface area contributed by atoms with Gasteiger partial charge >= 0.3 is 0 Å². The van der Waals surface area contributed by atoms with Crippen LogP contribution in [0.2, 0.25) is 0 Å². The summed E-state index contributed by atoms with van der Waals surface area (Å²) >= 11 is 6.31. The molecule has 140 valence electrons. The number of alkyl halides is 1. The summed E-state index contributed by atoms with van der Waals surface area (Å²) in [4.78, 5) is 2.62. The highest BCUT2D eigenvalue weighted by Crippen LogP contribution is 2.40. The fourth-order valence-electron chi connectivity index (χ4n) is 3.86. The first-order valence-electron chi connectivity index (χ1n) is 10.3. The van der Waals surface area contributed by atoms with Gasteiger partial charge in [0.15, 0.2) is 0 Å². The molecule has 1 aliphatic carbocycles. The van der Waals surface area contributed by atoms with Crippen LogP contribution in [0, 0.1) is 0 Å². The molecule has 2 atom stereocenters. The summed E-state index contributed by atoms with van der Waals surface area (Å²) < 4.78 is 0. The average Bonchev–Trinajstić information content (AvgIpc) is 2.67. The molecule has 0 amide bonds. The van der Waals surface area contributed by atoms with E-state index in [0.717, 1.165) is 13.0 Å². The minimum absolute atomic E-state index is 0.355. The van der Waals surface area contributed by atoms with Gasteiger partial charge in [-0.1, -0.05) is 61.5 Å².